The average molecular weight is 345 g/mol. The van der Waals surface area contributed by atoms with Crippen molar-refractivity contribution < 1.29 is 14.3 Å². The molecule has 0 aromatic carbocycles. The molecule has 2 aliphatic rings. The number of carbonyl (C=O) groups is 2. The van der Waals surface area contributed by atoms with Gasteiger partial charge in [-0.25, -0.2) is 0 Å². The van der Waals surface area contributed by atoms with Gasteiger partial charge in [-0.3, -0.25) is 14.6 Å². The molecule has 1 saturated heterocycles. The zero-order valence-corrected chi connectivity index (χ0v) is 14.8. The Morgan fingerprint density at radius 3 is 2.80 bits per heavy atom. The van der Waals surface area contributed by atoms with Gasteiger partial charge < -0.3 is 15.0 Å². The first-order valence-electron chi connectivity index (χ1n) is 9.29. The van der Waals surface area contributed by atoms with E-state index in [4.69, 9.17) is 4.74 Å². The summed E-state index contributed by atoms with van der Waals surface area (Å²) in [4.78, 5) is 30.9. The Morgan fingerprint density at radius 2 is 2.08 bits per heavy atom. The molecule has 1 unspecified atom stereocenters. The van der Waals surface area contributed by atoms with E-state index in [9.17, 15) is 9.59 Å². The Hall–Kier alpha value is -2.11. The number of piperidine rings is 1. The van der Waals surface area contributed by atoms with E-state index < -0.39 is 6.10 Å². The van der Waals surface area contributed by atoms with Gasteiger partial charge in [-0.1, -0.05) is 0 Å². The molecule has 0 radical (unpaired) electrons. The fourth-order valence-electron chi connectivity index (χ4n) is 3.70. The number of carbonyl (C=O) groups excluding carboxylic acids is 2. The highest BCUT2D eigenvalue weighted by Crippen LogP contribution is 2.28. The van der Waals surface area contributed by atoms with E-state index in [0.717, 1.165) is 45.2 Å². The van der Waals surface area contributed by atoms with Gasteiger partial charge in [0, 0.05) is 31.2 Å². The van der Waals surface area contributed by atoms with Gasteiger partial charge in [-0.15, -0.1) is 0 Å². The quantitative estimate of drug-likeness (QED) is 0.887. The van der Waals surface area contributed by atoms with Crippen molar-refractivity contribution >= 4 is 11.8 Å². The lowest BCUT2D eigenvalue weighted by Crippen LogP contribution is -2.42. The highest BCUT2D eigenvalue weighted by Gasteiger charge is 2.34. The number of amides is 2. The molecule has 1 N–H and O–H groups in total. The number of aromatic nitrogens is 1. The first-order chi connectivity index (χ1) is 12.1. The minimum Gasteiger partial charge on any atom is -0.479 e. The maximum atomic E-state index is 12.6. The molecular weight excluding hydrogens is 318 g/mol. The van der Waals surface area contributed by atoms with Crippen molar-refractivity contribution in [3.8, 4) is 5.75 Å². The van der Waals surface area contributed by atoms with E-state index >= 15 is 0 Å². The summed E-state index contributed by atoms with van der Waals surface area (Å²) in [5, 5.41) is 3.03. The first kappa shape index (κ1) is 17.7. The van der Waals surface area contributed by atoms with Crippen molar-refractivity contribution in [1.29, 1.82) is 0 Å². The van der Waals surface area contributed by atoms with Gasteiger partial charge in [-0.2, -0.15) is 0 Å². The van der Waals surface area contributed by atoms with Crippen LogP contribution in [0.1, 0.15) is 45.4 Å². The van der Waals surface area contributed by atoms with Crippen LogP contribution in [0.5, 0.6) is 5.75 Å². The van der Waals surface area contributed by atoms with Crippen molar-refractivity contribution in [1.82, 2.24) is 15.2 Å². The summed E-state index contributed by atoms with van der Waals surface area (Å²) >= 11 is 0. The second-order valence-electron chi connectivity index (χ2n) is 7.05. The lowest BCUT2D eigenvalue weighted by atomic mass is 10.0. The van der Waals surface area contributed by atoms with Crippen LogP contribution in [0.15, 0.2) is 24.5 Å². The standard InChI is InChI=1S/C19H27N3O3/c1-14(25-17-6-5-9-20-13-17)18(23)21-16-8-7-15(12-16)19(24)22-10-3-2-4-11-22/h5-6,9,13-16H,2-4,7-8,10-12H2,1H3,(H,21,23)/t14?,15-,16+/m1/s1. The third-order valence-corrected chi connectivity index (χ3v) is 5.11. The van der Waals surface area contributed by atoms with E-state index in [1.165, 1.54) is 6.42 Å². The molecule has 2 heterocycles. The SMILES string of the molecule is CC(Oc1cccnc1)C(=O)N[C@H]1CC[C@@H](C(=O)N2CCCCC2)C1. The van der Waals surface area contributed by atoms with Crippen molar-refractivity contribution in [2.75, 3.05) is 13.1 Å². The predicted octanol–water partition coefficient (Wildman–Crippen LogP) is 2.15. The monoisotopic (exact) mass is 345 g/mol. The van der Waals surface area contributed by atoms with Crippen LogP contribution in [0.3, 0.4) is 0 Å². The minimum atomic E-state index is -0.582. The van der Waals surface area contributed by atoms with E-state index in [1.807, 2.05) is 4.90 Å². The molecule has 3 rings (SSSR count). The van der Waals surface area contributed by atoms with Crippen LogP contribution in [-0.4, -0.2) is 46.9 Å². The van der Waals surface area contributed by atoms with Crippen molar-refractivity contribution in [2.45, 2.75) is 57.6 Å². The smallest absolute Gasteiger partial charge is 0.260 e. The maximum absolute atomic E-state index is 12.6. The third kappa shape index (κ3) is 4.71. The lowest BCUT2D eigenvalue weighted by Gasteiger charge is -2.29. The Morgan fingerprint density at radius 1 is 1.28 bits per heavy atom. The highest BCUT2D eigenvalue weighted by atomic mass is 16.5. The van der Waals surface area contributed by atoms with Crippen LogP contribution in [-0.2, 0) is 9.59 Å². The van der Waals surface area contributed by atoms with Gasteiger partial charge in [0.2, 0.25) is 5.91 Å². The largest absolute Gasteiger partial charge is 0.479 e. The second kappa shape index (κ2) is 8.32. The topological polar surface area (TPSA) is 71.5 Å². The molecule has 1 aliphatic heterocycles. The molecule has 1 saturated carbocycles. The number of nitrogens with zero attached hydrogens (tertiary/aromatic N) is 2. The number of hydrogen-bond donors (Lipinski definition) is 1. The van der Waals surface area contributed by atoms with Crippen LogP contribution in [0, 0.1) is 5.92 Å². The summed E-state index contributed by atoms with van der Waals surface area (Å²) in [6.45, 7) is 3.51. The van der Waals surface area contributed by atoms with Crippen molar-refractivity contribution in [3.63, 3.8) is 0 Å². The molecule has 136 valence electrons. The summed E-state index contributed by atoms with van der Waals surface area (Å²) in [7, 11) is 0. The predicted molar refractivity (Wildman–Crippen MR) is 94.0 cm³/mol. The zero-order valence-electron chi connectivity index (χ0n) is 14.8. The summed E-state index contributed by atoms with van der Waals surface area (Å²) < 4.78 is 5.61. The van der Waals surface area contributed by atoms with Crippen LogP contribution >= 0.6 is 0 Å². The molecule has 1 aliphatic carbocycles. The maximum Gasteiger partial charge on any atom is 0.260 e. The van der Waals surface area contributed by atoms with Gasteiger partial charge in [0.25, 0.3) is 5.91 Å². The Labute approximate surface area is 148 Å². The summed E-state index contributed by atoms with van der Waals surface area (Å²) in [5.41, 5.74) is 0. The normalized spacial score (nSPS) is 24.6. The van der Waals surface area contributed by atoms with E-state index in [2.05, 4.69) is 10.3 Å². The van der Waals surface area contributed by atoms with Gasteiger partial charge in [0.05, 0.1) is 6.20 Å². The molecule has 1 aromatic rings. The molecule has 0 bridgehead atoms. The molecule has 2 fully saturated rings. The zero-order chi connectivity index (χ0) is 17.6. The molecule has 1 aromatic heterocycles. The number of pyridine rings is 1. The van der Waals surface area contributed by atoms with Gasteiger partial charge in [-0.05, 0) is 57.6 Å². The number of rotatable bonds is 5. The fraction of sp³-hybridized carbons (Fsp3) is 0.632. The van der Waals surface area contributed by atoms with E-state index in [0.29, 0.717) is 5.75 Å². The van der Waals surface area contributed by atoms with Crippen LogP contribution < -0.4 is 10.1 Å². The second-order valence-corrected chi connectivity index (χ2v) is 7.05. The molecule has 6 nitrogen and oxygen atoms in total. The van der Waals surface area contributed by atoms with E-state index in [1.54, 1.807) is 31.5 Å². The number of hydrogen-bond acceptors (Lipinski definition) is 4. The Balaban J connectivity index is 1.45. The van der Waals surface area contributed by atoms with Crippen molar-refractivity contribution in [2.24, 2.45) is 5.92 Å². The summed E-state index contributed by atoms with van der Waals surface area (Å²) in [6, 6.07) is 3.61. The molecule has 6 heteroatoms. The third-order valence-electron chi connectivity index (χ3n) is 5.11. The molecule has 2 amide bonds. The van der Waals surface area contributed by atoms with Crippen molar-refractivity contribution in [3.05, 3.63) is 24.5 Å². The van der Waals surface area contributed by atoms with Crippen LogP contribution in [0.4, 0.5) is 0 Å². The first-order valence-corrected chi connectivity index (χ1v) is 9.29. The number of nitrogens with one attached hydrogen (secondary N) is 1. The van der Waals surface area contributed by atoms with Gasteiger partial charge in [0.1, 0.15) is 5.75 Å². The van der Waals surface area contributed by atoms with Gasteiger partial charge in [0.15, 0.2) is 6.10 Å². The summed E-state index contributed by atoms with van der Waals surface area (Å²) in [5.74, 6) is 0.767. The number of likely N-dealkylation sites (tertiary alicyclic amines) is 1. The lowest BCUT2D eigenvalue weighted by molar-refractivity contribution is -0.136. The molecule has 0 spiro atoms. The molecule has 3 atom stereocenters. The number of ether oxygens (including phenoxy) is 1. The van der Waals surface area contributed by atoms with Gasteiger partial charge >= 0.3 is 0 Å². The highest BCUT2D eigenvalue weighted by molar-refractivity contribution is 5.82. The molecule has 25 heavy (non-hydrogen) atoms. The fourth-order valence-corrected chi connectivity index (χ4v) is 3.70. The van der Waals surface area contributed by atoms with E-state index in [-0.39, 0.29) is 23.8 Å². The average Bonchev–Trinajstić information content (AvgIpc) is 3.11. The summed E-state index contributed by atoms with van der Waals surface area (Å²) in [6.07, 6.45) is 8.57. The minimum absolute atomic E-state index is 0.0537. The molecular formula is C19H27N3O3. The Bertz CT molecular complexity index is 587. The Kier molecular flexibility index (Phi) is 5.89. The van der Waals surface area contributed by atoms with Crippen LogP contribution in [0.25, 0.3) is 0 Å². The van der Waals surface area contributed by atoms with Crippen LogP contribution in [0.2, 0.25) is 0 Å².